The summed E-state index contributed by atoms with van der Waals surface area (Å²) in [5.74, 6) is -0.797. The van der Waals surface area contributed by atoms with E-state index in [-0.39, 0.29) is 18.9 Å². The largest absolute Gasteiger partial charge is 0.325 e. The molecular formula is C19H20N4O2. The zero-order valence-electron chi connectivity index (χ0n) is 14.0. The fraction of sp³-hybridized carbons (Fsp3) is 0.474. The van der Waals surface area contributed by atoms with Crippen LogP contribution in [0, 0.1) is 28.6 Å². The molecular weight excluding hydrogens is 316 g/mol. The summed E-state index contributed by atoms with van der Waals surface area (Å²) in [4.78, 5) is 26.9. The zero-order chi connectivity index (χ0) is 17.9. The summed E-state index contributed by atoms with van der Waals surface area (Å²) >= 11 is 0. The second kappa shape index (κ2) is 6.94. The Morgan fingerprint density at radius 1 is 1.24 bits per heavy atom. The first kappa shape index (κ1) is 17.0. The SMILES string of the molecule is N#CCC[C@H](C#N)CN1C(=O)N[C@]2(CCCCc3ccccc32)C1=O. The molecule has 1 aromatic rings. The number of urea groups is 1. The Balaban J connectivity index is 1.91. The second-order valence-corrected chi connectivity index (χ2v) is 6.64. The van der Waals surface area contributed by atoms with Crippen molar-refractivity contribution in [1.29, 1.82) is 10.5 Å². The number of hydrogen-bond acceptors (Lipinski definition) is 4. The minimum absolute atomic E-state index is 0.0345. The molecule has 1 spiro atoms. The smallest absolute Gasteiger partial charge is 0.319 e. The van der Waals surface area contributed by atoms with Crippen molar-refractivity contribution in [3.63, 3.8) is 0 Å². The average Bonchev–Trinajstić information content (AvgIpc) is 2.76. The molecule has 1 aromatic carbocycles. The number of fused-ring (bicyclic) bond motifs is 2. The van der Waals surface area contributed by atoms with Gasteiger partial charge in [0, 0.05) is 13.0 Å². The highest BCUT2D eigenvalue weighted by Gasteiger charge is 2.53. The van der Waals surface area contributed by atoms with Gasteiger partial charge in [-0.25, -0.2) is 4.79 Å². The van der Waals surface area contributed by atoms with Crippen LogP contribution in [0.25, 0.3) is 0 Å². The first-order valence-corrected chi connectivity index (χ1v) is 8.61. The van der Waals surface area contributed by atoms with Crippen LogP contribution in [0.1, 0.15) is 43.2 Å². The van der Waals surface area contributed by atoms with Gasteiger partial charge in [-0.05, 0) is 43.2 Å². The summed E-state index contributed by atoms with van der Waals surface area (Å²) < 4.78 is 0. The molecule has 0 radical (unpaired) electrons. The predicted octanol–water partition coefficient (Wildman–Crippen LogP) is 2.60. The van der Waals surface area contributed by atoms with E-state index in [9.17, 15) is 14.9 Å². The highest BCUT2D eigenvalue weighted by molar-refractivity contribution is 6.07. The number of amides is 3. The van der Waals surface area contributed by atoms with Crippen molar-refractivity contribution in [2.45, 2.75) is 44.1 Å². The number of nitrogens with one attached hydrogen (secondary N) is 1. The molecule has 0 saturated carbocycles. The number of imide groups is 1. The lowest BCUT2D eigenvalue weighted by molar-refractivity contribution is -0.132. The third kappa shape index (κ3) is 2.96. The Morgan fingerprint density at radius 2 is 2.04 bits per heavy atom. The summed E-state index contributed by atoms with van der Waals surface area (Å²) in [6.07, 6.45) is 3.88. The highest BCUT2D eigenvalue weighted by Crippen LogP contribution is 2.39. The Hall–Kier alpha value is -2.86. The maximum atomic E-state index is 13.2. The molecule has 0 bridgehead atoms. The van der Waals surface area contributed by atoms with Gasteiger partial charge in [0.25, 0.3) is 5.91 Å². The fourth-order valence-corrected chi connectivity index (χ4v) is 3.79. The molecule has 25 heavy (non-hydrogen) atoms. The first-order chi connectivity index (χ1) is 12.1. The van der Waals surface area contributed by atoms with Crippen LogP contribution in [0.3, 0.4) is 0 Å². The van der Waals surface area contributed by atoms with Crippen LogP contribution < -0.4 is 5.32 Å². The van der Waals surface area contributed by atoms with E-state index < -0.39 is 17.5 Å². The lowest BCUT2D eigenvalue weighted by atomic mass is 9.84. The van der Waals surface area contributed by atoms with E-state index in [1.165, 1.54) is 0 Å². The predicted molar refractivity (Wildman–Crippen MR) is 89.9 cm³/mol. The zero-order valence-corrected chi connectivity index (χ0v) is 14.0. The molecule has 128 valence electrons. The molecule has 2 atom stereocenters. The van der Waals surface area contributed by atoms with Crippen LogP contribution in [0.2, 0.25) is 0 Å². The first-order valence-electron chi connectivity index (χ1n) is 8.61. The van der Waals surface area contributed by atoms with Crippen LogP contribution in [0.15, 0.2) is 24.3 Å². The van der Waals surface area contributed by atoms with E-state index in [0.29, 0.717) is 12.8 Å². The minimum Gasteiger partial charge on any atom is -0.319 e. The third-order valence-corrected chi connectivity index (χ3v) is 5.09. The molecule has 1 heterocycles. The van der Waals surface area contributed by atoms with Gasteiger partial charge < -0.3 is 5.32 Å². The van der Waals surface area contributed by atoms with Gasteiger partial charge in [0.2, 0.25) is 0 Å². The fourth-order valence-electron chi connectivity index (χ4n) is 3.79. The van der Waals surface area contributed by atoms with E-state index in [1.807, 2.05) is 30.3 Å². The molecule has 6 heteroatoms. The molecule has 3 amide bonds. The van der Waals surface area contributed by atoms with Crippen LogP contribution in [-0.2, 0) is 16.8 Å². The van der Waals surface area contributed by atoms with Gasteiger partial charge in [-0.1, -0.05) is 24.3 Å². The van der Waals surface area contributed by atoms with E-state index in [0.717, 1.165) is 35.3 Å². The number of aryl methyl sites for hydroxylation is 1. The van der Waals surface area contributed by atoms with Crippen molar-refractivity contribution in [1.82, 2.24) is 10.2 Å². The van der Waals surface area contributed by atoms with Crippen LogP contribution >= 0.6 is 0 Å². The third-order valence-electron chi connectivity index (χ3n) is 5.09. The number of hydrogen-bond donors (Lipinski definition) is 1. The molecule has 1 aliphatic carbocycles. The Bertz CT molecular complexity index is 776. The van der Waals surface area contributed by atoms with E-state index in [2.05, 4.69) is 11.4 Å². The molecule has 3 rings (SSSR count). The second-order valence-electron chi connectivity index (χ2n) is 6.64. The number of rotatable bonds is 4. The van der Waals surface area contributed by atoms with Gasteiger partial charge in [0.1, 0.15) is 5.54 Å². The summed E-state index contributed by atoms with van der Waals surface area (Å²) in [6.45, 7) is 0.0345. The van der Waals surface area contributed by atoms with Gasteiger partial charge in [-0.3, -0.25) is 9.69 Å². The lowest BCUT2D eigenvalue weighted by Crippen LogP contribution is -2.44. The number of nitriles is 2. The molecule has 1 aliphatic heterocycles. The van der Waals surface area contributed by atoms with Crippen molar-refractivity contribution < 1.29 is 9.59 Å². The maximum absolute atomic E-state index is 13.2. The molecule has 6 nitrogen and oxygen atoms in total. The van der Waals surface area contributed by atoms with Gasteiger partial charge >= 0.3 is 6.03 Å². The van der Waals surface area contributed by atoms with Crippen LogP contribution in [0.4, 0.5) is 4.79 Å². The Kier molecular flexibility index (Phi) is 4.72. The van der Waals surface area contributed by atoms with Crippen LogP contribution in [-0.4, -0.2) is 23.4 Å². The van der Waals surface area contributed by atoms with Gasteiger partial charge in [0.05, 0.1) is 18.1 Å². The summed E-state index contributed by atoms with van der Waals surface area (Å²) in [5.41, 5.74) is 0.954. The monoisotopic (exact) mass is 336 g/mol. The average molecular weight is 336 g/mol. The summed E-state index contributed by atoms with van der Waals surface area (Å²) in [5, 5.41) is 20.9. The molecule has 2 aliphatic rings. The van der Waals surface area contributed by atoms with Crippen molar-refractivity contribution in [2.75, 3.05) is 6.54 Å². The normalized spacial score (nSPS) is 23.4. The van der Waals surface area contributed by atoms with Crippen molar-refractivity contribution in [2.24, 2.45) is 5.92 Å². The molecule has 1 N–H and O–H groups in total. The highest BCUT2D eigenvalue weighted by atomic mass is 16.2. The van der Waals surface area contributed by atoms with E-state index >= 15 is 0 Å². The van der Waals surface area contributed by atoms with Gasteiger partial charge in [-0.15, -0.1) is 0 Å². The standard InChI is InChI=1S/C19H20N4O2/c20-11-5-6-14(12-21)13-23-17(24)19(22-18(23)25)10-4-3-8-15-7-1-2-9-16(15)19/h1-2,7,9,14H,3-6,8,10,13H2,(H,22,25)/t14-,19+/m1/s1. The number of carbonyl (C=O) groups excluding carboxylic acids is 2. The molecule has 0 aromatic heterocycles. The number of benzene rings is 1. The lowest BCUT2D eigenvalue weighted by Gasteiger charge is -2.27. The molecule has 1 fully saturated rings. The van der Waals surface area contributed by atoms with Crippen LogP contribution in [0.5, 0.6) is 0 Å². The van der Waals surface area contributed by atoms with Gasteiger partial charge in [0.15, 0.2) is 0 Å². The minimum atomic E-state index is -1.01. The van der Waals surface area contributed by atoms with E-state index in [4.69, 9.17) is 5.26 Å². The van der Waals surface area contributed by atoms with Crippen molar-refractivity contribution in [3.05, 3.63) is 35.4 Å². The number of nitrogens with zero attached hydrogens (tertiary/aromatic N) is 3. The topological polar surface area (TPSA) is 97.0 Å². The molecule has 0 unspecified atom stereocenters. The Labute approximate surface area is 147 Å². The Morgan fingerprint density at radius 3 is 2.80 bits per heavy atom. The molecule has 1 saturated heterocycles. The summed E-state index contributed by atoms with van der Waals surface area (Å²) in [6, 6.07) is 11.4. The van der Waals surface area contributed by atoms with E-state index in [1.54, 1.807) is 0 Å². The quantitative estimate of drug-likeness (QED) is 0.855. The van der Waals surface area contributed by atoms with Gasteiger partial charge in [-0.2, -0.15) is 10.5 Å². The van der Waals surface area contributed by atoms with Crippen molar-refractivity contribution in [3.8, 4) is 12.1 Å². The van der Waals surface area contributed by atoms with Crippen molar-refractivity contribution >= 4 is 11.9 Å². The summed E-state index contributed by atoms with van der Waals surface area (Å²) in [7, 11) is 0. The maximum Gasteiger partial charge on any atom is 0.325 e. The number of carbonyl (C=O) groups is 2.